The lowest BCUT2D eigenvalue weighted by Crippen LogP contribution is -2.12. The first-order valence-corrected chi connectivity index (χ1v) is 7.76. The van der Waals surface area contributed by atoms with Crippen LogP contribution in [-0.4, -0.2) is 17.3 Å². The first kappa shape index (κ1) is 15.6. The molecule has 0 fully saturated rings. The molecule has 1 heterocycles. The second-order valence-corrected chi connectivity index (χ2v) is 5.67. The first-order chi connectivity index (χ1) is 11.3. The van der Waals surface area contributed by atoms with Gasteiger partial charge in [-0.3, -0.25) is 5.10 Å². The Morgan fingerprint density at radius 2 is 1.78 bits per heavy atom. The third kappa shape index (κ3) is 3.92. The number of H-pyrrole nitrogens is 1. The molecule has 1 aromatic heterocycles. The highest BCUT2D eigenvalue weighted by Crippen LogP contribution is 2.23. The minimum Gasteiger partial charge on any atom is -0.497 e. The van der Waals surface area contributed by atoms with E-state index in [-0.39, 0.29) is 0 Å². The molecule has 0 spiro atoms. The molecule has 2 N–H and O–H groups in total. The van der Waals surface area contributed by atoms with Crippen molar-refractivity contribution in [2.24, 2.45) is 0 Å². The third-order valence-corrected chi connectivity index (χ3v) is 3.91. The summed E-state index contributed by atoms with van der Waals surface area (Å²) in [5.74, 6) is 0.869. The van der Waals surface area contributed by atoms with E-state index in [0.717, 1.165) is 40.7 Å². The van der Waals surface area contributed by atoms with Crippen LogP contribution in [0.3, 0.4) is 0 Å². The zero-order chi connectivity index (χ0) is 16.1. The third-order valence-electron chi connectivity index (χ3n) is 3.65. The molecule has 0 atom stereocenters. The quantitative estimate of drug-likeness (QED) is 0.718. The van der Waals surface area contributed by atoms with Crippen LogP contribution in [0, 0.1) is 0 Å². The molecule has 0 unspecified atom stereocenters. The highest BCUT2D eigenvalue weighted by atomic mass is 35.5. The molecule has 2 aromatic carbocycles. The number of benzene rings is 2. The van der Waals surface area contributed by atoms with Crippen LogP contribution in [0.2, 0.25) is 5.02 Å². The molecule has 4 nitrogen and oxygen atoms in total. The van der Waals surface area contributed by atoms with Gasteiger partial charge < -0.3 is 10.1 Å². The fourth-order valence-electron chi connectivity index (χ4n) is 2.40. The molecule has 23 heavy (non-hydrogen) atoms. The van der Waals surface area contributed by atoms with Crippen molar-refractivity contribution in [1.82, 2.24) is 15.5 Å². The van der Waals surface area contributed by atoms with E-state index in [4.69, 9.17) is 16.3 Å². The Labute approximate surface area is 140 Å². The number of aromatic nitrogens is 2. The standard InChI is InChI=1S/C18H18ClN3O/c1-23-17-8-2-13(3-9-17)10-20-11-15-12-21-22-18(15)14-4-6-16(19)7-5-14/h2-9,12,20H,10-11H2,1H3,(H,21,22). The van der Waals surface area contributed by atoms with Crippen LogP contribution in [0.5, 0.6) is 5.75 Å². The van der Waals surface area contributed by atoms with Crippen molar-refractivity contribution in [3.63, 3.8) is 0 Å². The Bertz CT molecular complexity index is 751. The summed E-state index contributed by atoms with van der Waals surface area (Å²) in [4.78, 5) is 0. The maximum Gasteiger partial charge on any atom is 0.118 e. The molecule has 3 rings (SSSR count). The Morgan fingerprint density at radius 1 is 1.04 bits per heavy atom. The van der Waals surface area contributed by atoms with Crippen LogP contribution < -0.4 is 10.1 Å². The number of ether oxygens (including phenoxy) is 1. The molecular weight excluding hydrogens is 310 g/mol. The van der Waals surface area contributed by atoms with Crippen molar-refractivity contribution < 1.29 is 4.74 Å². The maximum atomic E-state index is 5.94. The molecule has 0 saturated heterocycles. The van der Waals surface area contributed by atoms with E-state index in [1.165, 1.54) is 5.56 Å². The fourth-order valence-corrected chi connectivity index (χ4v) is 2.52. The first-order valence-electron chi connectivity index (χ1n) is 7.38. The molecular formula is C18H18ClN3O. The molecule has 0 radical (unpaired) electrons. The van der Waals surface area contributed by atoms with Crippen LogP contribution in [0.15, 0.2) is 54.7 Å². The van der Waals surface area contributed by atoms with Gasteiger partial charge in [0.15, 0.2) is 0 Å². The largest absolute Gasteiger partial charge is 0.497 e. The summed E-state index contributed by atoms with van der Waals surface area (Å²) in [6, 6.07) is 15.8. The van der Waals surface area contributed by atoms with Gasteiger partial charge in [-0.1, -0.05) is 35.9 Å². The van der Waals surface area contributed by atoms with Crippen molar-refractivity contribution in [3.05, 3.63) is 70.9 Å². The molecule has 3 aromatic rings. The van der Waals surface area contributed by atoms with Crippen LogP contribution >= 0.6 is 11.6 Å². The number of hydrogen-bond acceptors (Lipinski definition) is 3. The van der Waals surface area contributed by atoms with Crippen LogP contribution in [0.25, 0.3) is 11.3 Å². The summed E-state index contributed by atoms with van der Waals surface area (Å²) in [5, 5.41) is 11.4. The van der Waals surface area contributed by atoms with E-state index >= 15 is 0 Å². The molecule has 0 aliphatic heterocycles. The predicted octanol–water partition coefficient (Wildman–Crippen LogP) is 4.03. The zero-order valence-electron chi connectivity index (χ0n) is 12.8. The predicted molar refractivity (Wildman–Crippen MR) is 92.6 cm³/mol. The van der Waals surface area contributed by atoms with Crippen LogP contribution in [0.1, 0.15) is 11.1 Å². The maximum absolute atomic E-state index is 5.94. The lowest BCUT2D eigenvalue weighted by Gasteiger charge is -2.07. The summed E-state index contributed by atoms with van der Waals surface area (Å²) >= 11 is 5.94. The topological polar surface area (TPSA) is 49.9 Å². The summed E-state index contributed by atoms with van der Waals surface area (Å²) in [5.41, 5.74) is 4.43. The van der Waals surface area contributed by atoms with Crippen molar-refractivity contribution in [1.29, 1.82) is 0 Å². The van der Waals surface area contributed by atoms with Gasteiger partial charge in [-0.15, -0.1) is 0 Å². The molecule has 0 aliphatic carbocycles. The van der Waals surface area contributed by atoms with Gasteiger partial charge in [0.05, 0.1) is 19.0 Å². The second kappa shape index (κ2) is 7.31. The number of halogens is 1. The van der Waals surface area contributed by atoms with E-state index < -0.39 is 0 Å². The van der Waals surface area contributed by atoms with Gasteiger partial charge in [0.1, 0.15) is 5.75 Å². The SMILES string of the molecule is COc1ccc(CNCc2cn[nH]c2-c2ccc(Cl)cc2)cc1. The van der Waals surface area contributed by atoms with Crippen LogP contribution in [0.4, 0.5) is 0 Å². The van der Waals surface area contributed by atoms with Gasteiger partial charge in [-0.25, -0.2) is 0 Å². The molecule has 5 heteroatoms. The van der Waals surface area contributed by atoms with Crippen molar-refractivity contribution in [3.8, 4) is 17.0 Å². The van der Waals surface area contributed by atoms with E-state index in [1.807, 2.05) is 42.6 Å². The van der Waals surface area contributed by atoms with Gasteiger partial charge in [-0.2, -0.15) is 5.10 Å². The van der Waals surface area contributed by atoms with Crippen molar-refractivity contribution in [2.45, 2.75) is 13.1 Å². The Morgan fingerprint density at radius 3 is 2.48 bits per heavy atom. The zero-order valence-corrected chi connectivity index (χ0v) is 13.6. The minimum atomic E-state index is 0.729. The highest BCUT2D eigenvalue weighted by molar-refractivity contribution is 6.30. The summed E-state index contributed by atoms with van der Waals surface area (Å²) in [7, 11) is 1.67. The summed E-state index contributed by atoms with van der Waals surface area (Å²) in [6.45, 7) is 1.52. The molecule has 0 aliphatic rings. The smallest absolute Gasteiger partial charge is 0.118 e. The number of nitrogens with one attached hydrogen (secondary N) is 2. The van der Waals surface area contributed by atoms with Crippen LogP contribution in [-0.2, 0) is 13.1 Å². The van der Waals surface area contributed by atoms with E-state index in [9.17, 15) is 0 Å². The van der Waals surface area contributed by atoms with Gasteiger partial charge in [-0.05, 0) is 35.4 Å². The number of rotatable bonds is 6. The Hall–Kier alpha value is -2.30. The average molecular weight is 328 g/mol. The Kier molecular flexibility index (Phi) is 4.95. The lowest BCUT2D eigenvalue weighted by atomic mass is 10.1. The monoisotopic (exact) mass is 327 g/mol. The van der Waals surface area contributed by atoms with Crippen molar-refractivity contribution >= 4 is 11.6 Å². The molecule has 0 amide bonds. The van der Waals surface area contributed by atoms with E-state index in [1.54, 1.807) is 7.11 Å². The van der Waals surface area contributed by atoms with Crippen molar-refractivity contribution in [2.75, 3.05) is 7.11 Å². The Balaban J connectivity index is 1.62. The number of methoxy groups -OCH3 is 1. The fraction of sp³-hybridized carbons (Fsp3) is 0.167. The average Bonchev–Trinajstić information content (AvgIpc) is 3.05. The second-order valence-electron chi connectivity index (χ2n) is 5.23. The van der Waals surface area contributed by atoms with E-state index in [0.29, 0.717) is 0 Å². The number of hydrogen-bond donors (Lipinski definition) is 2. The summed E-state index contributed by atoms with van der Waals surface area (Å²) in [6.07, 6.45) is 1.85. The van der Waals surface area contributed by atoms with E-state index in [2.05, 4.69) is 27.6 Å². The summed E-state index contributed by atoms with van der Waals surface area (Å²) < 4.78 is 5.16. The van der Waals surface area contributed by atoms with Gasteiger partial charge >= 0.3 is 0 Å². The lowest BCUT2D eigenvalue weighted by molar-refractivity contribution is 0.414. The number of aromatic amines is 1. The van der Waals surface area contributed by atoms with Gasteiger partial charge in [0, 0.05) is 23.7 Å². The number of nitrogens with zero attached hydrogens (tertiary/aromatic N) is 1. The van der Waals surface area contributed by atoms with Gasteiger partial charge in [0.2, 0.25) is 0 Å². The molecule has 118 valence electrons. The normalized spacial score (nSPS) is 10.7. The molecule has 0 bridgehead atoms. The van der Waals surface area contributed by atoms with Gasteiger partial charge in [0.25, 0.3) is 0 Å². The minimum absolute atomic E-state index is 0.729. The highest BCUT2D eigenvalue weighted by Gasteiger charge is 2.07. The molecule has 0 saturated carbocycles.